The molecule has 20 heavy (non-hydrogen) atoms. The lowest BCUT2D eigenvalue weighted by atomic mass is 9.95. The smallest absolute Gasteiger partial charge is 0.239 e. The maximum atomic E-state index is 12.3. The standard InChI is InChI=1S/C17H26N2O/c1-13(2)15-10-11-19(12-15)17(20)16(18)9-8-14-6-4-3-5-7-14/h3-7,13,15-16H,8-12,18H2,1-2H3. The lowest BCUT2D eigenvalue weighted by Gasteiger charge is -2.21. The average molecular weight is 274 g/mol. The fraction of sp³-hybridized carbons (Fsp3) is 0.588. The second kappa shape index (κ2) is 6.89. The molecule has 0 bridgehead atoms. The summed E-state index contributed by atoms with van der Waals surface area (Å²) in [6.07, 6.45) is 2.72. The molecular weight excluding hydrogens is 248 g/mol. The molecule has 0 saturated carbocycles. The molecule has 2 atom stereocenters. The third-order valence-electron chi connectivity index (χ3n) is 4.38. The molecule has 1 aliphatic rings. The highest BCUT2D eigenvalue weighted by Crippen LogP contribution is 2.24. The highest BCUT2D eigenvalue weighted by atomic mass is 16.2. The minimum atomic E-state index is -0.360. The van der Waals surface area contributed by atoms with Crippen molar-refractivity contribution in [1.29, 1.82) is 0 Å². The van der Waals surface area contributed by atoms with Gasteiger partial charge in [-0.2, -0.15) is 0 Å². The maximum Gasteiger partial charge on any atom is 0.239 e. The first kappa shape index (κ1) is 15.0. The van der Waals surface area contributed by atoms with Crippen molar-refractivity contribution in [2.45, 2.75) is 39.2 Å². The molecule has 110 valence electrons. The number of carbonyl (C=O) groups is 1. The Balaban J connectivity index is 1.81. The van der Waals surface area contributed by atoms with E-state index in [-0.39, 0.29) is 11.9 Å². The van der Waals surface area contributed by atoms with Gasteiger partial charge in [-0.15, -0.1) is 0 Å². The Bertz CT molecular complexity index is 430. The van der Waals surface area contributed by atoms with Crippen LogP contribution in [-0.2, 0) is 11.2 Å². The van der Waals surface area contributed by atoms with Crippen LogP contribution in [0, 0.1) is 11.8 Å². The van der Waals surface area contributed by atoms with Crippen LogP contribution in [0.3, 0.4) is 0 Å². The second-order valence-electron chi connectivity index (χ2n) is 6.21. The molecule has 1 aliphatic heterocycles. The minimum Gasteiger partial charge on any atom is -0.341 e. The predicted octanol–water partition coefficient (Wildman–Crippen LogP) is 2.45. The molecule has 1 fully saturated rings. The van der Waals surface area contributed by atoms with Crippen LogP contribution in [0.2, 0.25) is 0 Å². The van der Waals surface area contributed by atoms with Gasteiger partial charge >= 0.3 is 0 Å². The van der Waals surface area contributed by atoms with Crippen molar-refractivity contribution in [3.05, 3.63) is 35.9 Å². The highest BCUT2D eigenvalue weighted by Gasteiger charge is 2.30. The van der Waals surface area contributed by atoms with Crippen molar-refractivity contribution < 1.29 is 4.79 Å². The van der Waals surface area contributed by atoms with E-state index in [1.165, 1.54) is 5.56 Å². The van der Waals surface area contributed by atoms with Crippen LogP contribution in [0.5, 0.6) is 0 Å². The van der Waals surface area contributed by atoms with E-state index in [1.807, 2.05) is 23.1 Å². The van der Waals surface area contributed by atoms with Gasteiger partial charge in [-0.3, -0.25) is 4.79 Å². The Morgan fingerprint density at radius 2 is 2.05 bits per heavy atom. The molecule has 2 unspecified atom stereocenters. The molecule has 0 aromatic heterocycles. The van der Waals surface area contributed by atoms with Crippen LogP contribution in [-0.4, -0.2) is 29.9 Å². The van der Waals surface area contributed by atoms with Crippen molar-refractivity contribution in [1.82, 2.24) is 4.90 Å². The predicted molar refractivity (Wildman–Crippen MR) is 82.3 cm³/mol. The number of nitrogens with two attached hydrogens (primary N) is 1. The maximum absolute atomic E-state index is 12.3. The zero-order valence-corrected chi connectivity index (χ0v) is 12.6. The summed E-state index contributed by atoms with van der Waals surface area (Å²) < 4.78 is 0. The number of likely N-dealkylation sites (tertiary alicyclic amines) is 1. The monoisotopic (exact) mass is 274 g/mol. The molecule has 2 N–H and O–H groups in total. The van der Waals surface area contributed by atoms with Crippen LogP contribution < -0.4 is 5.73 Å². The highest BCUT2D eigenvalue weighted by molar-refractivity contribution is 5.81. The van der Waals surface area contributed by atoms with Gasteiger partial charge in [-0.25, -0.2) is 0 Å². The summed E-state index contributed by atoms with van der Waals surface area (Å²) in [6.45, 7) is 6.22. The quantitative estimate of drug-likeness (QED) is 0.896. The molecule has 0 aliphatic carbocycles. The molecule has 1 saturated heterocycles. The van der Waals surface area contributed by atoms with Gasteiger partial charge in [0.05, 0.1) is 6.04 Å². The number of nitrogens with zero attached hydrogens (tertiary/aromatic N) is 1. The molecule has 0 spiro atoms. The van der Waals surface area contributed by atoms with E-state index in [4.69, 9.17) is 5.73 Å². The van der Waals surface area contributed by atoms with Gasteiger partial charge in [-0.1, -0.05) is 44.2 Å². The number of carbonyl (C=O) groups excluding carboxylic acids is 1. The van der Waals surface area contributed by atoms with Crippen LogP contribution >= 0.6 is 0 Å². The largest absolute Gasteiger partial charge is 0.341 e. The van der Waals surface area contributed by atoms with Gasteiger partial charge in [0.1, 0.15) is 0 Å². The summed E-state index contributed by atoms with van der Waals surface area (Å²) in [4.78, 5) is 14.3. The van der Waals surface area contributed by atoms with Crippen LogP contribution in [0.1, 0.15) is 32.3 Å². The van der Waals surface area contributed by atoms with Crippen molar-refractivity contribution in [3.8, 4) is 0 Å². The number of hydrogen-bond acceptors (Lipinski definition) is 2. The van der Waals surface area contributed by atoms with Gasteiger partial charge in [-0.05, 0) is 36.7 Å². The molecule has 2 rings (SSSR count). The minimum absolute atomic E-state index is 0.129. The molecule has 0 radical (unpaired) electrons. The number of hydrogen-bond donors (Lipinski definition) is 1. The van der Waals surface area contributed by atoms with Gasteiger partial charge in [0.2, 0.25) is 5.91 Å². The molecule has 1 heterocycles. The SMILES string of the molecule is CC(C)C1CCN(C(=O)C(N)CCc2ccccc2)C1. The summed E-state index contributed by atoms with van der Waals surface area (Å²) in [7, 11) is 0. The zero-order valence-electron chi connectivity index (χ0n) is 12.6. The van der Waals surface area contributed by atoms with Gasteiger partial charge in [0.25, 0.3) is 0 Å². The van der Waals surface area contributed by atoms with Crippen molar-refractivity contribution in [3.63, 3.8) is 0 Å². The summed E-state index contributed by atoms with van der Waals surface area (Å²) in [5.74, 6) is 1.41. The third-order valence-corrected chi connectivity index (χ3v) is 4.38. The van der Waals surface area contributed by atoms with E-state index in [1.54, 1.807) is 0 Å². The lowest BCUT2D eigenvalue weighted by molar-refractivity contribution is -0.131. The molecule has 1 aromatic carbocycles. The number of amides is 1. The Kier molecular flexibility index (Phi) is 5.18. The van der Waals surface area contributed by atoms with Crippen molar-refractivity contribution in [2.24, 2.45) is 17.6 Å². The summed E-state index contributed by atoms with van der Waals surface area (Å²) in [6, 6.07) is 9.86. The van der Waals surface area contributed by atoms with Crippen LogP contribution in [0.15, 0.2) is 30.3 Å². The molecular formula is C17H26N2O. The van der Waals surface area contributed by atoms with Gasteiger partial charge in [0, 0.05) is 13.1 Å². The van der Waals surface area contributed by atoms with E-state index in [0.717, 1.165) is 32.4 Å². The van der Waals surface area contributed by atoms with E-state index in [2.05, 4.69) is 26.0 Å². The normalized spacial score (nSPS) is 20.4. The first-order chi connectivity index (χ1) is 9.58. The number of benzene rings is 1. The van der Waals surface area contributed by atoms with Crippen molar-refractivity contribution >= 4 is 5.91 Å². The third kappa shape index (κ3) is 3.83. The van der Waals surface area contributed by atoms with E-state index in [9.17, 15) is 4.79 Å². The van der Waals surface area contributed by atoms with Crippen molar-refractivity contribution in [2.75, 3.05) is 13.1 Å². The van der Waals surface area contributed by atoms with Gasteiger partial charge < -0.3 is 10.6 Å². The summed E-state index contributed by atoms with van der Waals surface area (Å²) >= 11 is 0. The Morgan fingerprint density at radius 1 is 1.35 bits per heavy atom. The molecule has 1 amide bonds. The Labute approximate surface area is 122 Å². The summed E-state index contributed by atoms with van der Waals surface area (Å²) in [5.41, 5.74) is 7.32. The topological polar surface area (TPSA) is 46.3 Å². The molecule has 3 heteroatoms. The Morgan fingerprint density at radius 3 is 2.65 bits per heavy atom. The fourth-order valence-corrected chi connectivity index (χ4v) is 2.86. The van der Waals surface area contributed by atoms with E-state index >= 15 is 0 Å². The Hall–Kier alpha value is -1.35. The van der Waals surface area contributed by atoms with Gasteiger partial charge in [0.15, 0.2) is 0 Å². The van der Waals surface area contributed by atoms with Crippen LogP contribution in [0.25, 0.3) is 0 Å². The number of aryl methyl sites for hydroxylation is 1. The van der Waals surface area contributed by atoms with E-state index in [0.29, 0.717) is 11.8 Å². The first-order valence-electron chi connectivity index (χ1n) is 7.66. The zero-order chi connectivity index (χ0) is 14.5. The first-order valence-corrected chi connectivity index (χ1v) is 7.66. The average Bonchev–Trinajstić information content (AvgIpc) is 2.95. The molecule has 3 nitrogen and oxygen atoms in total. The fourth-order valence-electron chi connectivity index (χ4n) is 2.86. The van der Waals surface area contributed by atoms with Crippen LogP contribution in [0.4, 0.5) is 0 Å². The second-order valence-corrected chi connectivity index (χ2v) is 6.21. The van der Waals surface area contributed by atoms with E-state index < -0.39 is 0 Å². The number of rotatable bonds is 5. The summed E-state index contributed by atoms with van der Waals surface area (Å²) in [5, 5.41) is 0. The lowest BCUT2D eigenvalue weighted by Crippen LogP contribution is -2.43. The molecule has 1 aromatic rings.